The van der Waals surface area contributed by atoms with Crippen LogP contribution in [0.5, 0.6) is 0 Å². The Labute approximate surface area is 159 Å². The number of thioether (sulfide) groups is 1. The van der Waals surface area contributed by atoms with Crippen molar-refractivity contribution in [2.24, 2.45) is 0 Å². The van der Waals surface area contributed by atoms with Gasteiger partial charge in [0.2, 0.25) is 11.7 Å². The first-order valence-corrected chi connectivity index (χ1v) is 9.44. The molecule has 2 heterocycles. The number of rotatable bonds is 8. The predicted octanol–water partition coefficient (Wildman–Crippen LogP) is 3.28. The Morgan fingerprint density at radius 1 is 1.22 bits per heavy atom. The van der Waals surface area contributed by atoms with Gasteiger partial charge in [-0.3, -0.25) is 4.79 Å². The summed E-state index contributed by atoms with van der Waals surface area (Å²) >= 11 is 1.31. The van der Waals surface area contributed by atoms with Crippen molar-refractivity contribution in [3.63, 3.8) is 0 Å². The lowest BCUT2D eigenvalue weighted by molar-refractivity contribution is -0.141. The highest BCUT2D eigenvalue weighted by atomic mass is 32.2. The molecule has 0 N–H and O–H groups in total. The van der Waals surface area contributed by atoms with Gasteiger partial charge in [-0.15, -0.1) is 11.8 Å². The van der Waals surface area contributed by atoms with Crippen molar-refractivity contribution in [3.8, 4) is 0 Å². The average Bonchev–Trinajstić information content (AvgIpc) is 3.23. The number of para-hydroxylation sites is 1. The molecule has 0 spiro atoms. The molecule has 8 nitrogen and oxygen atoms in total. The van der Waals surface area contributed by atoms with Crippen molar-refractivity contribution >= 4 is 34.7 Å². The van der Waals surface area contributed by atoms with E-state index in [0.29, 0.717) is 34.0 Å². The minimum Gasteiger partial charge on any atom is -0.460 e. The lowest BCUT2D eigenvalue weighted by atomic mass is 10.1. The molecular weight excluding hydrogens is 372 g/mol. The number of esters is 2. The van der Waals surface area contributed by atoms with Gasteiger partial charge in [-0.25, -0.2) is 4.79 Å². The van der Waals surface area contributed by atoms with Crippen molar-refractivity contribution in [2.75, 3.05) is 12.4 Å². The summed E-state index contributed by atoms with van der Waals surface area (Å²) in [5.41, 5.74) is 1.03. The summed E-state index contributed by atoms with van der Waals surface area (Å²) in [5.74, 6) is 0.623. The van der Waals surface area contributed by atoms with Gasteiger partial charge >= 0.3 is 11.9 Å². The van der Waals surface area contributed by atoms with Crippen LogP contribution in [0.15, 0.2) is 33.2 Å². The van der Waals surface area contributed by atoms with Crippen LogP contribution < -0.4 is 0 Å². The van der Waals surface area contributed by atoms with Crippen LogP contribution >= 0.6 is 11.8 Å². The van der Waals surface area contributed by atoms with E-state index in [-0.39, 0.29) is 24.7 Å². The molecule has 9 heteroatoms. The van der Waals surface area contributed by atoms with E-state index in [1.165, 1.54) is 11.8 Å². The second-order valence-corrected chi connectivity index (χ2v) is 6.50. The molecule has 27 heavy (non-hydrogen) atoms. The number of carbonyl (C=O) groups excluding carboxylic acids is 2. The summed E-state index contributed by atoms with van der Waals surface area (Å²) < 4.78 is 20.8. The Balaban J connectivity index is 1.62. The maximum atomic E-state index is 12.1. The molecule has 0 saturated carbocycles. The Bertz CT molecular complexity index is 948. The van der Waals surface area contributed by atoms with Crippen molar-refractivity contribution in [1.82, 2.24) is 10.1 Å². The molecule has 0 radical (unpaired) electrons. The number of nitrogens with zero attached hydrogens (tertiary/aromatic N) is 2. The predicted molar refractivity (Wildman–Crippen MR) is 97.2 cm³/mol. The topological polar surface area (TPSA) is 105 Å². The molecule has 0 amide bonds. The average molecular weight is 390 g/mol. The molecule has 0 aliphatic heterocycles. The van der Waals surface area contributed by atoms with Crippen LogP contribution in [0.4, 0.5) is 0 Å². The monoisotopic (exact) mass is 390 g/mol. The third-order valence-corrected chi connectivity index (χ3v) is 4.46. The van der Waals surface area contributed by atoms with Gasteiger partial charge in [-0.05, 0) is 13.0 Å². The van der Waals surface area contributed by atoms with E-state index in [9.17, 15) is 9.59 Å². The molecule has 0 bridgehead atoms. The molecule has 0 unspecified atom stereocenters. The number of benzene rings is 1. The number of furan rings is 1. The zero-order valence-corrected chi connectivity index (χ0v) is 15.7. The van der Waals surface area contributed by atoms with E-state index in [4.69, 9.17) is 18.4 Å². The van der Waals surface area contributed by atoms with Crippen LogP contribution in [0, 0.1) is 6.92 Å². The lowest BCUT2D eigenvalue weighted by Gasteiger charge is -2.05. The number of hydrogen-bond acceptors (Lipinski definition) is 9. The molecule has 0 saturated heterocycles. The van der Waals surface area contributed by atoms with Crippen molar-refractivity contribution in [3.05, 3.63) is 47.3 Å². The summed E-state index contributed by atoms with van der Waals surface area (Å²) in [6.45, 7) is 3.56. The second-order valence-electron chi connectivity index (χ2n) is 5.51. The van der Waals surface area contributed by atoms with Crippen LogP contribution in [0.2, 0.25) is 0 Å². The lowest BCUT2D eigenvalue weighted by Crippen LogP contribution is -2.11. The van der Waals surface area contributed by atoms with E-state index in [1.807, 2.05) is 6.07 Å². The van der Waals surface area contributed by atoms with Gasteiger partial charge in [-0.2, -0.15) is 4.98 Å². The molecular formula is C18H18N2O6S. The Morgan fingerprint density at radius 2 is 2.04 bits per heavy atom. The molecule has 0 aliphatic carbocycles. The zero-order chi connectivity index (χ0) is 19.2. The van der Waals surface area contributed by atoms with E-state index in [1.54, 1.807) is 32.0 Å². The highest BCUT2D eigenvalue weighted by molar-refractivity contribution is 7.99. The van der Waals surface area contributed by atoms with E-state index >= 15 is 0 Å². The molecule has 0 atom stereocenters. The summed E-state index contributed by atoms with van der Waals surface area (Å²) in [7, 11) is 0. The summed E-state index contributed by atoms with van der Waals surface area (Å²) in [4.78, 5) is 28.2. The smallest absolute Gasteiger partial charge is 0.374 e. The zero-order valence-electron chi connectivity index (χ0n) is 14.9. The second kappa shape index (κ2) is 8.72. The number of hydrogen-bond donors (Lipinski definition) is 0. The number of fused-ring (bicyclic) bond motifs is 1. The summed E-state index contributed by atoms with van der Waals surface area (Å²) in [6.07, 6.45) is 0. The van der Waals surface area contributed by atoms with Crippen LogP contribution in [0.1, 0.15) is 34.8 Å². The molecule has 3 aromatic rings. The quantitative estimate of drug-likeness (QED) is 0.536. The maximum absolute atomic E-state index is 12.1. The number of aromatic nitrogens is 2. The normalized spacial score (nSPS) is 10.9. The van der Waals surface area contributed by atoms with Gasteiger partial charge in [0.25, 0.3) is 0 Å². The fraction of sp³-hybridized carbons (Fsp3) is 0.333. The fourth-order valence-electron chi connectivity index (χ4n) is 2.42. The fourth-order valence-corrected chi connectivity index (χ4v) is 3.08. The first kappa shape index (κ1) is 19.0. The van der Waals surface area contributed by atoms with Gasteiger partial charge in [0.1, 0.15) is 12.2 Å². The summed E-state index contributed by atoms with van der Waals surface area (Å²) in [6, 6.07) is 7.16. The van der Waals surface area contributed by atoms with Gasteiger partial charge in [-0.1, -0.05) is 23.4 Å². The Morgan fingerprint density at radius 3 is 2.78 bits per heavy atom. The molecule has 0 fully saturated rings. The van der Waals surface area contributed by atoms with E-state index < -0.39 is 11.9 Å². The SMILES string of the molecule is CCOC(=O)c1oc2ccccc2c1COC(=O)CSCc1noc(C)n1. The third-order valence-electron chi connectivity index (χ3n) is 3.56. The Hall–Kier alpha value is -2.81. The standard InChI is InChI=1S/C18H18N2O6S/c1-3-23-18(22)17-13(12-6-4-5-7-14(12)25-17)8-24-16(21)10-27-9-15-19-11(2)26-20-15/h4-7H,3,8-10H2,1-2H3. The molecule has 1 aromatic carbocycles. The number of carbonyl (C=O) groups is 2. The maximum Gasteiger partial charge on any atom is 0.374 e. The number of aryl methyl sites for hydroxylation is 1. The highest BCUT2D eigenvalue weighted by Crippen LogP contribution is 2.27. The minimum absolute atomic E-state index is 0.0563. The van der Waals surface area contributed by atoms with Gasteiger partial charge in [0.15, 0.2) is 5.82 Å². The Kier molecular flexibility index (Phi) is 6.12. The van der Waals surface area contributed by atoms with Crippen molar-refractivity contribution < 1.29 is 28.0 Å². The van der Waals surface area contributed by atoms with Crippen molar-refractivity contribution in [1.29, 1.82) is 0 Å². The van der Waals surface area contributed by atoms with Crippen LogP contribution in [-0.2, 0) is 26.6 Å². The van der Waals surface area contributed by atoms with Crippen LogP contribution in [0.25, 0.3) is 11.0 Å². The molecule has 0 aliphatic rings. The van der Waals surface area contributed by atoms with E-state index in [2.05, 4.69) is 10.1 Å². The van der Waals surface area contributed by atoms with E-state index in [0.717, 1.165) is 0 Å². The highest BCUT2D eigenvalue weighted by Gasteiger charge is 2.22. The van der Waals surface area contributed by atoms with Crippen molar-refractivity contribution in [2.45, 2.75) is 26.2 Å². The molecule has 2 aromatic heterocycles. The minimum atomic E-state index is -0.582. The number of ether oxygens (including phenoxy) is 2. The first-order chi connectivity index (χ1) is 13.1. The summed E-state index contributed by atoms with van der Waals surface area (Å²) in [5, 5.41) is 4.47. The first-order valence-electron chi connectivity index (χ1n) is 8.28. The van der Waals surface area contributed by atoms with Gasteiger partial charge in [0.05, 0.1) is 23.7 Å². The van der Waals surface area contributed by atoms with Crippen LogP contribution in [0.3, 0.4) is 0 Å². The van der Waals surface area contributed by atoms with Crippen LogP contribution in [-0.4, -0.2) is 34.4 Å². The molecule has 3 rings (SSSR count). The van der Waals surface area contributed by atoms with Gasteiger partial charge < -0.3 is 18.4 Å². The van der Waals surface area contributed by atoms with Gasteiger partial charge in [0, 0.05) is 12.3 Å². The third kappa shape index (κ3) is 4.68. The largest absolute Gasteiger partial charge is 0.460 e. The molecule has 142 valence electrons.